The number of aromatic nitrogens is 3. The largest absolute Gasteiger partial charge is 0.278 e. The van der Waals surface area contributed by atoms with Crippen LogP contribution in [0.1, 0.15) is 11.3 Å². The van der Waals surface area contributed by atoms with E-state index in [1.165, 1.54) is 11.3 Å². The average molecular weight is 442 g/mol. The van der Waals surface area contributed by atoms with Gasteiger partial charge in [-0.2, -0.15) is 0 Å². The molecule has 3 heterocycles. The number of fused-ring (bicyclic) bond motifs is 1. The van der Waals surface area contributed by atoms with Gasteiger partial charge < -0.3 is 0 Å². The highest BCUT2D eigenvalue weighted by Gasteiger charge is 2.15. The van der Waals surface area contributed by atoms with E-state index in [2.05, 4.69) is 34.2 Å². The van der Waals surface area contributed by atoms with Crippen molar-refractivity contribution in [3.63, 3.8) is 0 Å². The maximum atomic E-state index is 13.1. The highest BCUT2D eigenvalue weighted by atomic mass is 35.5. The number of rotatable bonds is 4. The Morgan fingerprint density at radius 3 is 2.35 bits per heavy atom. The van der Waals surface area contributed by atoms with Crippen LogP contribution < -0.4 is 5.56 Å². The lowest BCUT2D eigenvalue weighted by molar-refractivity contribution is 1.08. The van der Waals surface area contributed by atoms with E-state index < -0.39 is 0 Å². The van der Waals surface area contributed by atoms with E-state index >= 15 is 0 Å². The summed E-state index contributed by atoms with van der Waals surface area (Å²) < 4.78 is 1.58. The van der Waals surface area contributed by atoms with Gasteiger partial charge in [0.15, 0.2) is 4.96 Å². The molecule has 0 atom stereocenters. The van der Waals surface area contributed by atoms with Gasteiger partial charge in [0.1, 0.15) is 5.02 Å². The zero-order valence-corrected chi connectivity index (χ0v) is 17.8. The molecule has 3 aromatic heterocycles. The molecule has 0 saturated carbocycles. The van der Waals surface area contributed by atoms with Gasteiger partial charge in [0.2, 0.25) is 0 Å². The van der Waals surface area contributed by atoms with Gasteiger partial charge in [-0.25, -0.2) is 9.38 Å². The molecule has 0 unspecified atom stereocenters. The van der Waals surface area contributed by atoms with Crippen LogP contribution >= 0.6 is 22.9 Å². The molecule has 0 amide bonds. The topological polar surface area (TPSA) is 47.3 Å². The number of pyridine rings is 1. The third-order valence-corrected chi connectivity index (χ3v) is 6.13. The molecular weight excluding hydrogens is 426 g/mol. The van der Waals surface area contributed by atoms with Crippen LogP contribution in [0.5, 0.6) is 0 Å². The van der Waals surface area contributed by atoms with Crippen molar-refractivity contribution in [1.29, 1.82) is 0 Å². The molecule has 0 fully saturated rings. The number of nitrogens with zero attached hydrogens (tertiary/aromatic N) is 3. The molecule has 150 valence electrons. The molecule has 0 bridgehead atoms. The second kappa shape index (κ2) is 8.30. The summed E-state index contributed by atoms with van der Waals surface area (Å²) in [4.78, 5) is 22.3. The number of benzene rings is 2. The van der Waals surface area contributed by atoms with Crippen molar-refractivity contribution < 1.29 is 0 Å². The fourth-order valence-corrected chi connectivity index (χ4v) is 4.46. The zero-order chi connectivity index (χ0) is 21.2. The molecule has 0 radical (unpaired) electrons. The SMILES string of the molecule is O=c1c(Cl)c(C=Cc2cccnc2)nc2scc(-c3ccc(-c4ccccc4)cc3)n12. The Hall–Kier alpha value is -3.54. The van der Waals surface area contributed by atoms with Crippen LogP contribution in [0, 0.1) is 0 Å². The lowest BCUT2D eigenvalue weighted by atomic mass is 10.0. The second-order valence-corrected chi connectivity index (χ2v) is 8.13. The Balaban J connectivity index is 1.53. The molecule has 0 aliphatic rings. The van der Waals surface area contributed by atoms with Gasteiger partial charge in [-0.15, -0.1) is 11.3 Å². The van der Waals surface area contributed by atoms with E-state index in [4.69, 9.17) is 11.6 Å². The smallest absolute Gasteiger partial charge is 0.267 e. The summed E-state index contributed by atoms with van der Waals surface area (Å²) in [6.07, 6.45) is 7.03. The molecule has 0 aliphatic heterocycles. The van der Waals surface area contributed by atoms with Crippen LogP contribution in [0.2, 0.25) is 5.02 Å². The molecule has 2 aromatic carbocycles. The summed E-state index contributed by atoms with van der Waals surface area (Å²) >= 11 is 7.82. The van der Waals surface area contributed by atoms with Crippen molar-refractivity contribution in [3.8, 4) is 22.4 Å². The fraction of sp³-hybridized carbons (Fsp3) is 0. The first-order valence-corrected chi connectivity index (χ1v) is 10.9. The van der Waals surface area contributed by atoms with Gasteiger partial charge >= 0.3 is 0 Å². The van der Waals surface area contributed by atoms with Crippen molar-refractivity contribution >= 4 is 40.1 Å². The quantitative estimate of drug-likeness (QED) is 0.328. The van der Waals surface area contributed by atoms with Gasteiger partial charge in [-0.3, -0.25) is 9.78 Å². The normalized spacial score (nSPS) is 11.4. The zero-order valence-electron chi connectivity index (χ0n) is 16.3. The minimum atomic E-state index is -0.277. The number of thiazole rings is 1. The molecule has 31 heavy (non-hydrogen) atoms. The van der Waals surface area contributed by atoms with Crippen molar-refractivity contribution in [1.82, 2.24) is 14.4 Å². The minimum absolute atomic E-state index is 0.0956. The Morgan fingerprint density at radius 1 is 0.871 bits per heavy atom. The molecule has 5 rings (SSSR count). The lowest BCUT2D eigenvalue weighted by Gasteiger charge is -2.06. The Bertz CT molecular complexity index is 1440. The van der Waals surface area contributed by atoms with Crippen molar-refractivity contribution in [2.45, 2.75) is 0 Å². The molecule has 6 heteroatoms. The first kappa shape index (κ1) is 19.4. The molecule has 0 spiro atoms. The molecular formula is C25H16ClN3OS. The maximum Gasteiger partial charge on any atom is 0.278 e. The fourth-order valence-electron chi connectivity index (χ4n) is 3.37. The number of halogens is 1. The van der Waals surface area contributed by atoms with Crippen LogP contribution in [0.3, 0.4) is 0 Å². The van der Waals surface area contributed by atoms with Gasteiger partial charge in [0.25, 0.3) is 5.56 Å². The van der Waals surface area contributed by atoms with E-state index in [-0.39, 0.29) is 10.6 Å². The van der Waals surface area contributed by atoms with Crippen molar-refractivity contribution in [2.75, 3.05) is 0 Å². The minimum Gasteiger partial charge on any atom is -0.267 e. The molecule has 0 aliphatic carbocycles. The predicted molar refractivity (Wildman–Crippen MR) is 128 cm³/mol. The first-order valence-electron chi connectivity index (χ1n) is 9.64. The van der Waals surface area contributed by atoms with E-state index in [1.807, 2.05) is 53.9 Å². The Kier molecular flexibility index (Phi) is 5.20. The summed E-state index contributed by atoms with van der Waals surface area (Å²) in [5.41, 5.74) is 5.06. The van der Waals surface area contributed by atoms with Crippen molar-refractivity contribution in [2.24, 2.45) is 0 Å². The summed E-state index contributed by atoms with van der Waals surface area (Å²) in [6.45, 7) is 0. The second-order valence-electron chi connectivity index (χ2n) is 6.92. The molecule has 0 saturated heterocycles. The third kappa shape index (κ3) is 3.81. The third-order valence-electron chi connectivity index (χ3n) is 4.95. The summed E-state index contributed by atoms with van der Waals surface area (Å²) in [5.74, 6) is 0. The van der Waals surface area contributed by atoms with E-state index in [0.717, 1.165) is 27.9 Å². The van der Waals surface area contributed by atoms with Gasteiger partial charge in [0.05, 0.1) is 11.4 Å². The highest BCUT2D eigenvalue weighted by Crippen LogP contribution is 2.28. The van der Waals surface area contributed by atoms with Gasteiger partial charge in [0, 0.05) is 17.8 Å². The summed E-state index contributed by atoms with van der Waals surface area (Å²) in [5, 5.41) is 2.03. The highest BCUT2D eigenvalue weighted by molar-refractivity contribution is 7.15. The summed E-state index contributed by atoms with van der Waals surface area (Å²) in [6, 6.07) is 22.1. The molecule has 5 aromatic rings. The lowest BCUT2D eigenvalue weighted by Crippen LogP contribution is -2.16. The first-order chi connectivity index (χ1) is 15.2. The maximum absolute atomic E-state index is 13.1. The van der Waals surface area contributed by atoms with E-state index in [9.17, 15) is 4.79 Å². The average Bonchev–Trinajstić information content (AvgIpc) is 3.26. The number of hydrogen-bond donors (Lipinski definition) is 0. The van der Waals surface area contributed by atoms with Crippen LogP contribution in [0.25, 0.3) is 39.5 Å². The van der Waals surface area contributed by atoms with Gasteiger partial charge in [-0.05, 0) is 34.4 Å². The monoisotopic (exact) mass is 441 g/mol. The van der Waals surface area contributed by atoms with Crippen LogP contribution in [-0.4, -0.2) is 14.4 Å². The standard InChI is InChI=1S/C25H16ClN3OS/c26-23-21(13-8-17-5-4-14-27-15-17)28-25-29(24(23)30)22(16-31-25)20-11-9-19(10-12-20)18-6-2-1-3-7-18/h1-16H. The van der Waals surface area contributed by atoms with E-state index in [1.54, 1.807) is 22.9 Å². The predicted octanol–water partition coefficient (Wildman–Crippen LogP) is 6.31. The van der Waals surface area contributed by atoms with E-state index in [0.29, 0.717) is 10.7 Å². The van der Waals surface area contributed by atoms with Gasteiger partial charge in [-0.1, -0.05) is 78.3 Å². The Morgan fingerprint density at radius 2 is 1.61 bits per heavy atom. The van der Waals surface area contributed by atoms with Crippen molar-refractivity contribution in [3.05, 3.63) is 111 Å². The number of hydrogen-bond acceptors (Lipinski definition) is 4. The molecule has 0 N–H and O–H groups in total. The molecule has 4 nitrogen and oxygen atoms in total. The van der Waals surface area contributed by atoms with Crippen LogP contribution in [0.15, 0.2) is 89.3 Å². The Labute approximate surface area is 187 Å². The van der Waals surface area contributed by atoms with Crippen LogP contribution in [-0.2, 0) is 0 Å². The summed E-state index contributed by atoms with van der Waals surface area (Å²) in [7, 11) is 0. The van der Waals surface area contributed by atoms with Crippen LogP contribution in [0.4, 0.5) is 0 Å².